The lowest BCUT2D eigenvalue weighted by molar-refractivity contribution is -0.113. The van der Waals surface area contributed by atoms with E-state index in [9.17, 15) is 9.59 Å². The zero-order valence-electron chi connectivity index (χ0n) is 18.5. The van der Waals surface area contributed by atoms with Gasteiger partial charge in [0.25, 0.3) is 0 Å². The first-order valence-electron chi connectivity index (χ1n) is 10.6. The monoisotopic (exact) mass is 562 g/mol. The molecule has 0 fully saturated rings. The normalized spacial score (nSPS) is 12.3. The zero-order valence-corrected chi connectivity index (χ0v) is 21.7. The number of nitrogens with one attached hydrogen (secondary N) is 1. The van der Waals surface area contributed by atoms with Crippen LogP contribution in [-0.2, 0) is 35.5 Å². The molecular weight excluding hydrogens is 540 g/mol. The summed E-state index contributed by atoms with van der Waals surface area (Å²) in [6, 6.07) is 7.53. The summed E-state index contributed by atoms with van der Waals surface area (Å²) in [5.41, 5.74) is 1.49. The molecule has 1 aliphatic carbocycles. The molecule has 0 saturated carbocycles. The number of ether oxygens (including phenoxy) is 2. The van der Waals surface area contributed by atoms with Crippen molar-refractivity contribution in [3.05, 3.63) is 63.2 Å². The number of benzene rings is 1. The Morgan fingerprint density at radius 3 is 2.82 bits per heavy atom. The molecule has 1 aromatic carbocycles. The number of esters is 1. The van der Waals surface area contributed by atoms with Crippen molar-refractivity contribution >= 4 is 55.9 Å². The Kier molecular flexibility index (Phi) is 8.07. The number of nitrogens with zero attached hydrogens (tertiary/aromatic N) is 3. The van der Waals surface area contributed by atoms with Gasteiger partial charge in [-0.25, -0.2) is 4.79 Å². The van der Waals surface area contributed by atoms with Gasteiger partial charge in [0.1, 0.15) is 17.4 Å². The fourth-order valence-electron chi connectivity index (χ4n) is 3.63. The van der Waals surface area contributed by atoms with E-state index in [1.54, 1.807) is 6.08 Å². The van der Waals surface area contributed by atoms with Crippen LogP contribution in [0, 0.1) is 0 Å². The lowest BCUT2D eigenvalue weighted by Crippen LogP contribution is -2.17. The first kappa shape index (κ1) is 24.5. The molecule has 178 valence electrons. The van der Waals surface area contributed by atoms with Crippen molar-refractivity contribution in [2.75, 3.05) is 18.2 Å². The van der Waals surface area contributed by atoms with E-state index < -0.39 is 5.97 Å². The maximum Gasteiger partial charge on any atom is 0.341 e. The molecule has 2 aromatic heterocycles. The molecule has 0 radical (unpaired) electrons. The van der Waals surface area contributed by atoms with Crippen LogP contribution in [-0.4, -0.2) is 39.5 Å². The van der Waals surface area contributed by atoms with Gasteiger partial charge in [0.15, 0.2) is 11.0 Å². The number of allylic oxidation sites excluding steroid dienone is 1. The van der Waals surface area contributed by atoms with E-state index in [1.807, 2.05) is 28.8 Å². The van der Waals surface area contributed by atoms with Crippen molar-refractivity contribution in [1.29, 1.82) is 0 Å². The fraction of sp³-hybridized carbons (Fsp3) is 0.304. The number of carbonyl (C=O) groups is 2. The molecule has 34 heavy (non-hydrogen) atoms. The van der Waals surface area contributed by atoms with Crippen LogP contribution < -0.4 is 10.1 Å². The number of methoxy groups -OCH3 is 1. The summed E-state index contributed by atoms with van der Waals surface area (Å²) in [4.78, 5) is 26.1. The SMILES string of the molecule is C=CCn1c(COc2ccc(Br)cc2)nnc1SCC(=O)Nc1sc2c(c1C(=O)OC)CCC2. The highest BCUT2D eigenvalue weighted by Gasteiger charge is 2.28. The number of thiophene rings is 1. The molecule has 3 aromatic rings. The molecule has 0 bridgehead atoms. The van der Waals surface area contributed by atoms with Crippen LogP contribution in [0.3, 0.4) is 0 Å². The van der Waals surface area contributed by atoms with Gasteiger partial charge in [0.05, 0.1) is 18.4 Å². The average Bonchev–Trinajstić information content (AvgIpc) is 3.52. The molecule has 0 unspecified atom stereocenters. The summed E-state index contributed by atoms with van der Waals surface area (Å²) in [6.45, 7) is 4.52. The number of fused-ring (bicyclic) bond motifs is 1. The number of halogens is 1. The molecule has 0 aliphatic heterocycles. The number of hydrogen-bond donors (Lipinski definition) is 1. The Morgan fingerprint density at radius 2 is 2.09 bits per heavy atom. The average molecular weight is 563 g/mol. The maximum atomic E-state index is 12.7. The van der Waals surface area contributed by atoms with Gasteiger partial charge in [-0.15, -0.1) is 28.1 Å². The number of rotatable bonds is 10. The van der Waals surface area contributed by atoms with Crippen molar-refractivity contribution in [2.24, 2.45) is 0 Å². The standard InChI is InChI=1S/C23H23BrN4O4S2/c1-3-11-28-18(12-32-15-9-7-14(24)8-10-15)26-27-23(28)33-13-19(29)25-21-20(22(30)31-2)16-5-4-6-17(16)34-21/h3,7-10H,1,4-6,11-13H2,2H3,(H,25,29). The number of amides is 1. The van der Waals surface area contributed by atoms with Crippen LogP contribution in [0.4, 0.5) is 5.00 Å². The van der Waals surface area contributed by atoms with Crippen LogP contribution >= 0.6 is 39.0 Å². The highest BCUT2D eigenvalue weighted by Crippen LogP contribution is 2.39. The van der Waals surface area contributed by atoms with E-state index in [4.69, 9.17) is 9.47 Å². The quantitative estimate of drug-likeness (QED) is 0.214. The van der Waals surface area contributed by atoms with Gasteiger partial charge in [-0.3, -0.25) is 9.36 Å². The number of aryl methyl sites for hydroxylation is 1. The minimum Gasteiger partial charge on any atom is -0.486 e. The van der Waals surface area contributed by atoms with Crippen LogP contribution in [0.5, 0.6) is 5.75 Å². The highest BCUT2D eigenvalue weighted by molar-refractivity contribution is 9.10. The van der Waals surface area contributed by atoms with Gasteiger partial charge in [-0.05, 0) is 49.1 Å². The third-order valence-corrected chi connectivity index (χ3v) is 7.89. The molecule has 11 heteroatoms. The summed E-state index contributed by atoms with van der Waals surface area (Å²) in [6.07, 6.45) is 4.51. The van der Waals surface area contributed by atoms with E-state index >= 15 is 0 Å². The van der Waals surface area contributed by atoms with Crippen molar-refractivity contribution in [3.63, 3.8) is 0 Å². The van der Waals surface area contributed by atoms with Gasteiger partial charge in [-0.2, -0.15) is 0 Å². The van der Waals surface area contributed by atoms with Gasteiger partial charge < -0.3 is 14.8 Å². The third kappa shape index (κ3) is 5.53. The van der Waals surface area contributed by atoms with E-state index in [0.29, 0.717) is 33.8 Å². The first-order chi connectivity index (χ1) is 16.5. The molecular formula is C23H23BrN4O4S2. The summed E-state index contributed by atoms with van der Waals surface area (Å²) < 4.78 is 13.6. The Bertz CT molecular complexity index is 1210. The predicted octanol–water partition coefficient (Wildman–Crippen LogP) is 4.87. The van der Waals surface area contributed by atoms with Gasteiger partial charge in [0, 0.05) is 15.9 Å². The number of aromatic nitrogens is 3. The molecule has 0 atom stereocenters. The van der Waals surface area contributed by atoms with E-state index in [-0.39, 0.29) is 18.3 Å². The summed E-state index contributed by atoms with van der Waals surface area (Å²) in [5, 5.41) is 12.5. The third-order valence-electron chi connectivity index (χ3n) is 5.18. The summed E-state index contributed by atoms with van der Waals surface area (Å²) in [5.74, 6) is 0.827. The topological polar surface area (TPSA) is 95.3 Å². The number of carbonyl (C=O) groups excluding carboxylic acids is 2. The second-order valence-electron chi connectivity index (χ2n) is 7.43. The number of anilines is 1. The molecule has 0 spiro atoms. The molecule has 1 amide bonds. The Balaban J connectivity index is 1.40. The van der Waals surface area contributed by atoms with E-state index in [1.165, 1.54) is 30.2 Å². The largest absolute Gasteiger partial charge is 0.486 e. The molecule has 0 saturated heterocycles. The van der Waals surface area contributed by atoms with Crippen molar-refractivity contribution in [2.45, 2.75) is 37.6 Å². The van der Waals surface area contributed by atoms with Crippen LogP contribution in [0.2, 0.25) is 0 Å². The number of hydrogen-bond acceptors (Lipinski definition) is 8. The lowest BCUT2D eigenvalue weighted by atomic mass is 10.1. The van der Waals surface area contributed by atoms with Crippen LogP contribution in [0.15, 0.2) is 46.5 Å². The lowest BCUT2D eigenvalue weighted by Gasteiger charge is -2.10. The molecule has 4 rings (SSSR count). The second kappa shape index (κ2) is 11.2. The predicted molar refractivity (Wildman–Crippen MR) is 136 cm³/mol. The second-order valence-corrected chi connectivity index (χ2v) is 10.4. The van der Waals surface area contributed by atoms with Crippen molar-refractivity contribution in [3.8, 4) is 5.75 Å². The summed E-state index contributed by atoms with van der Waals surface area (Å²) in [7, 11) is 1.35. The van der Waals surface area contributed by atoms with Crippen molar-refractivity contribution < 1.29 is 19.1 Å². The molecule has 2 heterocycles. The molecule has 8 nitrogen and oxygen atoms in total. The van der Waals surface area contributed by atoms with E-state index in [2.05, 4.69) is 38.0 Å². The highest BCUT2D eigenvalue weighted by atomic mass is 79.9. The van der Waals surface area contributed by atoms with Gasteiger partial charge in [0.2, 0.25) is 5.91 Å². The summed E-state index contributed by atoms with van der Waals surface area (Å²) >= 11 is 6.12. The van der Waals surface area contributed by atoms with Crippen LogP contribution in [0.25, 0.3) is 0 Å². The van der Waals surface area contributed by atoms with Crippen LogP contribution in [0.1, 0.15) is 33.0 Å². The zero-order chi connectivity index (χ0) is 24.1. The smallest absolute Gasteiger partial charge is 0.341 e. The van der Waals surface area contributed by atoms with Gasteiger partial charge >= 0.3 is 5.97 Å². The fourth-order valence-corrected chi connectivity index (χ4v) is 5.95. The van der Waals surface area contributed by atoms with E-state index in [0.717, 1.165) is 34.2 Å². The first-order valence-corrected chi connectivity index (χ1v) is 13.2. The van der Waals surface area contributed by atoms with Gasteiger partial charge in [-0.1, -0.05) is 33.8 Å². The molecule has 1 N–H and O–H groups in total. The number of thioether (sulfide) groups is 1. The minimum absolute atomic E-state index is 0.117. The minimum atomic E-state index is -0.413. The Hall–Kier alpha value is -2.63. The Labute approximate surface area is 213 Å². The molecule has 1 aliphatic rings. The van der Waals surface area contributed by atoms with Crippen molar-refractivity contribution in [1.82, 2.24) is 14.8 Å². The maximum absolute atomic E-state index is 12.7. The Morgan fingerprint density at radius 1 is 1.29 bits per heavy atom.